The molecule has 13 heteroatoms. The van der Waals surface area contributed by atoms with Gasteiger partial charge in [-0.1, -0.05) is 11.3 Å². The molecule has 0 spiro atoms. The molecule has 0 bridgehead atoms. The smallest absolute Gasteiger partial charge is 0.402 e. The number of halogens is 4. The zero-order valence-electron chi connectivity index (χ0n) is 20.7. The number of aromatic nitrogens is 2. The van der Waals surface area contributed by atoms with E-state index >= 15 is 8.78 Å². The first-order valence-corrected chi connectivity index (χ1v) is 12.9. The molecule has 5 rings (SSSR count). The SMILES string of the molecule is CO[n+]1ccc([C@@H]2CN(C(C)C(=O)Nc3nc4cc5c(cc4s3)CC(F)(F)O5)CCC2(F)F)cc1CCO. The lowest BCUT2D eigenvalue weighted by Crippen LogP contribution is -2.52. The fourth-order valence-corrected chi connectivity index (χ4v) is 5.86. The first-order chi connectivity index (χ1) is 18.0. The molecular formula is C25H27F4N4O4S+. The summed E-state index contributed by atoms with van der Waals surface area (Å²) in [6.07, 6.45) is -2.40. The number of aliphatic hydroxyl groups is 1. The number of ether oxygens (including phenoxy) is 1. The lowest BCUT2D eigenvalue weighted by atomic mass is 9.86. The Morgan fingerprint density at radius 1 is 1.37 bits per heavy atom. The number of carbonyl (C=O) groups excluding carboxylic acids is 1. The number of aliphatic hydroxyl groups excluding tert-OH is 1. The molecule has 2 aliphatic heterocycles. The number of hydrogen-bond acceptors (Lipinski definition) is 7. The Bertz CT molecular complexity index is 1320. The molecule has 1 unspecified atom stereocenters. The fourth-order valence-electron chi connectivity index (χ4n) is 4.95. The summed E-state index contributed by atoms with van der Waals surface area (Å²) in [5, 5.41) is 12.4. The van der Waals surface area contributed by atoms with E-state index in [1.54, 1.807) is 36.2 Å². The zero-order valence-corrected chi connectivity index (χ0v) is 21.5. The molecule has 3 aromatic rings. The van der Waals surface area contributed by atoms with Crippen molar-refractivity contribution in [2.24, 2.45) is 0 Å². The van der Waals surface area contributed by atoms with Crippen molar-refractivity contribution in [2.45, 2.75) is 50.2 Å². The molecule has 0 saturated carbocycles. The summed E-state index contributed by atoms with van der Waals surface area (Å²) in [6.45, 7) is 1.47. The van der Waals surface area contributed by atoms with Crippen molar-refractivity contribution in [1.29, 1.82) is 0 Å². The normalized spacial score (nSPS) is 21.1. The molecule has 1 aromatic carbocycles. The molecule has 1 fully saturated rings. The van der Waals surface area contributed by atoms with E-state index in [0.29, 0.717) is 27.0 Å². The molecule has 2 N–H and O–H groups in total. The van der Waals surface area contributed by atoms with Crippen LogP contribution in [0.15, 0.2) is 30.5 Å². The van der Waals surface area contributed by atoms with Gasteiger partial charge in [-0.15, -0.1) is 0 Å². The summed E-state index contributed by atoms with van der Waals surface area (Å²) >= 11 is 1.15. The number of fused-ring (bicyclic) bond motifs is 2. The summed E-state index contributed by atoms with van der Waals surface area (Å²) in [4.78, 5) is 24.3. The summed E-state index contributed by atoms with van der Waals surface area (Å²) < 4.78 is 63.8. The van der Waals surface area contributed by atoms with Crippen LogP contribution >= 0.6 is 11.3 Å². The average Bonchev–Trinajstić information content (AvgIpc) is 3.38. The third-order valence-electron chi connectivity index (χ3n) is 7.03. The van der Waals surface area contributed by atoms with Gasteiger partial charge in [0.1, 0.15) is 12.9 Å². The number of nitrogens with zero attached hydrogens (tertiary/aromatic N) is 3. The van der Waals surface area contributed by atoms with Crippen LogP contribution in [0.2, 0.25) is 0 Å². The summed E-state index contributed by atoms with van der Waals surface area (Å²) in [6, 6.07) is 5.45. The minimum Gasteiger partial charge on any atom is -0.432 e. The van der Waals surface area contributed by atoms with Crippen LogP contribution in [-0.4, -0.2) is 65.8 Å². The summed E-state index contributed by atoms with van der Waals surface area (Å²) in [7, 11) is 1.45. The van der Waals surface area contributed by atoms with Gasteiger partial charge in [0.25, 0.3) is 5.92 Å². The largest absolute Gasteiger partial charge is 0.432 e. The van der Waals surface area contributed by atoms with Crippen LogP contribution < -0.4 is 19.6 Å². The molecule has 0 radical (unpaired) electrons. The van der Waals surface area contributed by atoms with Gasteiger partial charge in [0.2, 0.25) is 17.8 Å². The van der Waals surface area contributed by atoms with Crippen LogP contribution in [0.1, 0.15) is 36.1 Å². The minimum atomic E-state index is -3.24. The van der Waals surface area contributed by atoms with Crippen molar-refractivity contribution >= 4 is 32.6 Å². The number of likely N-dealkylation sites (tertiary alicyclic amines) is 1. The standard InChI is InChI=1S/C25H26F4N4O4S/c1-14(22(35)31-23-30-19-11-20-16(10-21(19)38-23)12-25(28,29)37-20)32-7-5-24(26,27)18(13-32)15-3-6-33(36-2)17(9-15)4-8-34/h3,6,9-11,14,18,34H,4-5,7-8,12-13H2,1-2H3/p+1/t14?,18-/m0/s1. The number of amides is 1. The van der Waals surface area contributed by atoms with Crippen LogP contribution in [0.25, 0.3) is 10.2 Å². The van der Waals surface area contributed by atoms with Crippen LogP contribution in [0.4, 0.5) is 22.7 Å². The van der Waals surface area contributed by atoms with Gasteiger partial charge in [0.15, 0.2) is 5.13 Å². The highest BCUT2D eigenvalue weighted by Crippen LogP contribution is 2.42. The van der Waals surface area contributed by atoms with Crippen LogP contribution in [0.3, 0.4) is 0 Å². The van der Waals surface area contributed by atoms with E-state index in [2.05, 4.69) is 15.0 Å². The van der Waals surface area contributed by atoms with Crippen molar-refractivity contribution in [1.82, 2.24) is 9.88 Å². The maximum absolute atomic E-state index is 15.0. The molecule has 38 heavy (non-hydrogen) atoms. The molecule has 4 heterocycles. The minimum absolute atomic E-state index is 0.0323. The Kier molecular flexibility index (Phi) is 6.95. The van der Waals surface area contributed by atoms with E-state index < -0.39 is 42.7 Å². The number of thiazole rings is 1. The highest BCUT2D eigenvalue weighted by atomic mass is 32.1. The first-order valence-electron chi connectivity index (χ1n) is 12.1. The van der Waals surface area contributed by atoms with E-state index in [9.17, 15) is 18.7 Å². The van der Waals surface area contributed by atoms with Crippen molar-refractivity contribution in [3.63, 3.8) is 0 Å². The number of pyridine rings is 1. The number of benzene rings is 1. The predicted octanol–water partition coefficient (Wildman–Crippen LogP) is 3.16. The second-order valence-corrected chi connectivity index (χ2v) is 10.6. The van der Waals surface area contributed by atoms with Gasteiger partial charge in [-0.2, -0.15) is 8.78 Å². The number of alkyl halides is 4. The number of anilines is 1. The Hall–Kier alpha value is -3.03. The van der Waals surface area contributed by atoms with E-state index in [1.807, 2.05) is 0 Å². The monoisotopic (exact) mass is 555 g/mol. The lowest BCUT2D eigenvalue weighted by Gasteiger charge is -2.40. The fraction of sp³-hybridized carbons (Fsp3) is 0.480. The summed E-state index contributed by atoms with van der Waals surface area (Å²) in [5.74, 6) is -4.47. The molecule has 8 nitrogen and oxygen atoms in total. The van der Waals surface area contributed by atoms with Crippen molar-refractivity contribution in [3.8, 4) is 5.75 Å². The maximum Gasteiger partial charge on any atom is 0.402 e. The number of hydrogen-bond donors (Lipinski definition) is 2. The topological polar surface area (TPSA) is 87.8 Å². The van der Waals surface area contributed by atoms with Gasteiger partial charge in [-0.05, 0) is 18.6 Å². The second-order valence-electron chi connectivity index (χ2n) is 9.52. The number of rotatable bonds is 7. The summed E-state index contributed by atoms with van der Waals surface area (Å²) in [5.41, 5.74) is 1.75. The highest BCUT2D eigenvalue weighted by molar-refractivity contribution is 7.22. The Labute approximate surface area is 219 Å². The Morgan fingerprint density at radius 3 is 2.89 bits per heavy atom. The second kappa shape index (κ2) is 9.93. The molecule has 2 aromatic heterocycles. The molecule has 1 saturated heterocycles. The van der Waals surface area contributed by atoms with Gasteiger partial charge >= 0.3 is 6.11 Å². The Balaban J connectivity index is 1.30. The highest BCUT2D eigenvalue weighted by Gasteiger charge is 2.47. The third-order valence-corrected chi connectivity index (χ3v) is 7.96. The van der Waals surface area contributed by atoms with Crippen LogP contribution in [0.5, 0.6) is 5.75 Å². The average molecular weight is 556 g/mol. The van der Waals surface area contributed by atoms with Crippen LogP contribution in [-0.2, 0) is 17.6 Å². The molecule has 0 aliphatic carbocycles. The third kappa shape index (κ3) is 5.14. The lowest BCUT2D eigenvalue weighted by molar-refractivity contribution is -0.890. The quantitative estimate of drug-likeness (QED) is 0.344. The van der Waals surface area contributed by atoms with Crippen molar-refractivity contribution < 1.29 is 41.8 Å². The van der Waals surface area contributed by atoms with Gasteiger partial charge < -0.3 is 15.2 Å². The number of carbonyl (C=O) groups is 1. The molecule has 1 amide bonds. The maximum atomic E-state index is 15.0. The van der Waals surface area contributed by atoms with E-state index in [1.165, 1.54) is 17.9 Å². The molecule has 2 aliphatic rings. The molecule has 204 valence electrons. The Morgan fingerprint density at radius 2 is 2.16 bits per heavy atom. The van der Waals surface area contributed by atoms with Gasteiger partial charge in [-0.25, -0.2) is 13.8 Å². The van der Waals surface area contributed by atoms with E-state index in [4.69, 9.17) is 4.84 Å². The van der Waals surface area contributed by atoms with Crippen molar-refractivity contribution in [3.05, 3.63) is 47.3 Å². The van der Waals surface area contributed by atoms with E-state index in [-0.39, 0.29) is 37.0 Å². The number of piperidine rings is 1. The van der Waals surface area contributed by atoms with E-state index in [0.717, 1.165) is 11.3 Å². The predicted molar refractivity (Wildman–Crippen MR) is 131 cm³/mol. The van der Waals surface area contributed by atoms with Gasteiger partial charge in [-0.3, -0.25) is 14.5 Å². The van der Waals surface area contributed by atoms with Crippen LogP contribution in [0, 0.1) is 0 Å². The van der Waals surface area contributed by atoms with Gasteiger partial charge in [0.05, 0.1) is 41.6 Å². The number of nitrogens with one attached hydrogen (secondary N) is 1. The zero-order chi connectivity index (χ0) is 27.2. The first kappa shape index (κ1) is 26.6. The van der Waals surface area contributed by atoms with Crippen molar-refractivity contribution in [2.75, 3.05) is 32.1 Å². The molecule has 2 atom stereocenters. The van der Waals surface area contributed by atoms with Gasteiger partial charge in [0, 0.05) is 48.0 Å². The molecular weight excluding hydrogens is 528 g/mol.